The van der Waals surface area contributed by atoms with Crippen molar-refractivity contribution >= 4 is 5.97 Å². The van der Waals surface area contributed by atoms with Crippen molar-refractivity contribution < 1.29 is 9.90 Å². The normalized spacial score (nSPS) is 50.4. The standard InChI is InChI=1S/C12H18O2/c13-11(14)12-6-1-2-9-8(5-7-12)3-4-10(9)12/h8-10H,1-7H2,(H,13,14). The summed E-state index contributed by atoms with van der Waals surface area (Å²) in [4.78, 5) is 11.5. The maximum Gasteiger partial charge on any atom is 0.309 e. The molecule has 14 heavy (non-hydrogen) atoms. The zero-order valence-corrected chi connectivity index (χ0v) is 8.54. The van der Waals surface area contributed by atoms with Gasteiger partial charge in [0.1, 0.15) is 0 Å². The summed E-state index contributed by atoms with van der Waals surface area (Å²) in [5.74, 6) is 1.70. The molecule has 0 radical (unpaired) electrons. The fourth-order valence-corrected chi connectivity index (χ4v) is 4.60. The van der Waals surface area contributed by atoms with Gasteiger partial charge in [0, 0.05) is 0 Å². The van der Waals surface area contributed by atoms with E-state index in [4.69, 9.17) is 0 Å². The predicted molar refractivity (Wildman–Crippen MR) is 52.9 cm³/mol. The average Bonchev–Trinajstić information content (AvgIpc) is 2.44. The molecule has 2 heteroatoms. The molecule has 3 fully saturated rings. The zero-order chi connectivity index (χ0) is 9.76. The van der Waals surface area contributed by atoms with E-state index in [0.29, 0.717) is 5.92 Å². The first-order valence-corrected chi connectivity index (χ1v) is 5.97. The van der Waals surface area contributed by atoms with Crippen molar-refractivity contribution in [2.75, 3.05) is 0 Å². The van der Waals surface area contributed by atoms with Gasteiger partial charge in [-0.3, -0.25) is 4.79 Å². The van der Waals surface area contributed by atoms with Gasteiger partial charge in [-0.1, -0.05) is 6.42 Å². The van der Waals surface area contributed by atoms with Crippen molar-refractivity contribution in [2.45, 2.75) is 44.9 Å². The molecule has 4 bridgehead atoms. The maximum absolute atomic E-state index is 11.5. The van der Waals surface area contributed by atoms with Crippen LogP contribution in [0.1, 0.15) is 44.9 Å². The fourth-order valence-electron chi connectivity index (χ4n) is 4.60. The van der Waals surface area contributed by atoms with E-state index in [1.807, 2.05) is 0 Å². The second-order valence-electron chi connectivity index (χ2n) is 5.50. The van der Waals surface area contributed by atoms with Crippen molar-refractivity contribution in [1.29, 1.82) is 0 Å². The lowest BCUT2D eigenvalue weighted by molar-refractivity contribution is -0.161. The molecule has 0 aliphatic heterocycles. The molecule has 3 rings (SSSR count). The van der Waals surface area contributed by atoms with E-state index in [1.54, 1.807) is 0 Å². The van der Waals surface area contributed by atoms with E-state index in [1.165, 1.54) is 25.7 Å². The van der Waals surface area contributed by atoms with Gasteiger partial charge >= 0.3 is 5.97 Å². The number of carbonyl (C=O) groups is 1. The smallest absolute Gasteiger partial charge is 0.309 e. The molecule has 0 aromatic heterocycles. The SMILES string of the molecule is O=C(O)C12CCCC3C(CCC31)CC2. The number of hydrogen-bond acceptors (Lipinski definition) is 1. The molecule has 3 aliphatic rings. The van der Waals surface area contributed by atoms with Crippen LogP contribution in [0.5, 0.6) is 0 Å². The Hall–Kier alpha value is -0.530. The molecule has 3 saturated carbocycles. The molecule has 78 valence electrons. The molecule has 3 aliphatic carbocycles. The Labute approximate surface area is 84.7 Å². The Morgan fingerprint density at radius 3 is 2.79 bits per heavy atom. The highest BCUT2D eigenvalue weighted by molar-refractivity contribution is 5.75. The van der Waals surface area contributed by atoms with E-state index in [9.17, 15) is 9.90 Å². The van der Waals surface area contributed by atoms with E-state index < -0.39 is 5.97 Å². The van der Waals surface area contributed by atoms with Crippen LogP contribution in [0.3, 0.4) is 0 Å². The zero-order valence-electron chi connectivity index (χ0n) is 8.54. The van der Waals surface area contributed by atoms with Gasteiger partial charge in [-0.2, -0.15) is 0 Å². The van der Waals surface area contributed by atoms with Crippen molar-refractivity contribution in [3.8, 4) is 0 Å². The van der Waals surface area contributed by atoms with E-state index in [-0.39, 0.29) is 5.41 Å². The van der Waals surface area contributed by atoms with Gasteiger partial charge in [-0.25, -0.2) is 0 Å². The van der Waals surface area contributed by atoms with Crippen LogP contribution in [-0.4, -0.2) is 11.1 Å². The molecule has 0 saturated heterocycles. The topological polar surface area (TPSA) is 37.3 Å². The molecule has 1 N–H and O–H groups in total. The summed E-state index contributed by atoms with van der Waals surface area (Å²) in [6, 6.07) is 0. The molecule has 0 aromatic rings. The summed E-state index contributed by atoms with van der Waals surface area (Å²) in [7, 11) is 0. The molecular formula is C12H18O2. The van der Waals surface area contributed by atoms with E-state index >= 15 is 0 Å². The molecular weight excluding hydrogens is 176 g/mol. The molecule has 4 atom stereocenters. The number of rotatable bonds is 1. The Morgan fingerprint density at radius 1 is 1.14 bits per heavy atom. The molecule has 0 amide bonds. The number of hydrogen-bond donors (Lipinski definition) is 1. The molecule has 0 aromatic carbocycles. The first-order chi connectivity index (χ1) is 6.74. The lowest BCUT2D eigenvalue weighted by Gasteiger charge is -2.48. The van der Waals surface area contributed by atoms with Gasteiger partial charge in [0.15, 0.2) is 0 Å². The van der Waals surface area contributed by atoms with E-state index in [0.717, 1.165) is 31.1 Å². The third-order valence-electron chi connectivity index (χ3n) is 5.23. The minimum Gasteiger partial charge on any atom is -0.481 e. The van der Waals surface area contributed by atoms with Crippen molar-refractivity contribution in [3.05, 3.63) is 0 Å². The van der Waals surface area contributed by atoms with Crippen molar-refractivity contribution in [1.82, 2.24) is 0 Å². The number of carboxylic acid groups (broad SMARTS) is 1. The minimum absolute atomic E-state index is 0.296. The first-order valence-electron chi connectivity index (χ1n) is 5.97. The van der Waals surface area contributed by atoms with Crippen LogP contribution in [-0.2, 0) is 4.79 Å². The summed E-state index contributed by atoms with van der Waals surface area (Å²) in [6.45, 7) is 0. The maximum atomic E-state index is 11.5. The summed E-state index contributed by atoms with van der Waals surface area (Å²) < 4.78 is 0. The van der Waals surface area contributed by atoms with Gasteiger partial charge < -0.3 is 5.11 Å². The van der Waals surface area contributed by atoms with Crippen LogP contribution < -0.4 is 0 Å². The van der Waals surface area contributed by atoms with Gasteiger partial charge in [0.05, 0.1) is 5.41 Å². The number of carboxylic acids is 1. The summed E-state index contributed by atoms with van der Waals surface area (Å²) in [5, 5.41) is 9.46. The van der Waals surface area contributed by atoms with Gasteiger partial charge in [0.25, 0.3) is 0 Å². The molecule has 2 nitrogen and oxygen atoms in total. The second kappa shape index (κ2) is 2.74. The lowest BCUT2D eigenvalue weighted by atomic mass is 9.55. The fraction of sp³-hybridized carbons (Fsp3) is 0.917. The average molecular weight is 194 g/mol. The van der Waals surface area contributed by atoms with Crippen molar-refractivity contribution in [2.24, 2.45) is 23.2 Å². The van der Waals surface area contributed by atoms with E-state index in [2.05, 4.69) is 0 Å². The Morgan fingerprint density at radius 2 is 2.00 bits per heavy atom. The largest absolute Gasteiger partial charge is 0.481 e. The van der Waals surface area contributed by atoms with Crippen LogP contribution in [0, 0.1) is 23.2 Å². The highest BCUT2D eigenvalue weighted by atomic mass is 16.4. The Bertz CT molecular complexity index is 273. The summed E-state index contributed by atoms with van der Waals surface area (Å²) in [6.07, 6.45) is 8.08. The first kappa shape index (κ1) is 8.75. The van der Waals surface area contributed by atoms with Crippen LogP contribution in [0.25, 0.3) is 0 Å². The number of aliphatic carboxylic acids is 1. The predicted octanol–water partition coefficient (Wildman–Crippen LogP) is 2.68. The van der Waals surface area contributed by atoms with Gasteiger partial charge in [0.2, 0.25) is 0 Å². The van der Waals surface area contributed by atoms with Crippen LogP contribution >= 0.6 is 0 Å². The monoisotopic (exact) mass is 194 g/mol. The second-order valence-corrected chi connectivity index (χ2v) is 5.50. The van der Waals surface area contributed by atoms with Crippen molar-refractivity contribution in [3.63, 3.8) is 0 Å². The van der Waals surface area contributed by atoms with Crippen LogP contribution in [0.4, 0.5) is 0 Å². The Kier molecular flexibility index (Phi) is 1.71. The van der Waals surface area contributed by atoms with Gasteiger partial charge in [-0.05, 0) is 56.3 Å². The molecule has 0 heterocycles. The summed E-state index contributed by atoms with van der Waals surface area (Å²) in [5.41, 5.74) is -0.296. The highest BCUT2D eigenvalue weighted by Gasteiger charge is 2.58. The van der Waals surface area contributed by atoms with Gasteiger partial charge in [-0.15, -0.1) is 0 Å². The lowest BCUT2D eigenvalue weighted by Crippen LogP contribution is -2.47. The summed E-state index contributed by atoms with van der Waals surface area (Å²) >= 11 is 0. The third kappa shape index (κ3) is 0.896. The molecule has 4 unspecified atom stereocenters. The minimum atomic E-state index is -0.493. The quantitative estimate of drug-likeness (QED) is 0.696. The third-order valence-corrected chi connectivity index (χ3v) is 5.23. The molecule has 0 spiro atoms. The Balaban J connectivity index is 2.00. The van der Waals surface area contributed by atoms with Crippen LogP contribution in [0.15, 0.2) is 0 Å². The van der Waals surface area contributed by atoms with Crippen LogP contribution in [0.2, 0.25) is 0 Å². The highest BCUT2D eigenvalue weighted by Crippen LogP contribution is 2.61.